The van der Waals surface area contributed by atoms with E-state index in [9.17, 15) is 9.59 Å². The fraction of sp³-hybridized carbons (Fsp3) is 0.364. The maximum Gasteiger partial charge on any atom is 0.305 e. The van der Waals surface area contributed by atoms with Gasteiger partial charge in [-0.2, -0.15) is 0 Å². The quantitative estimate of drug-likeness (QED) is 0.671. The van der Waals surface area contributed by atoms with E-state index in [4.69, 9.17) is 10.8 Å². The fourth-order valence-corrected chi connectivity index (χ4v) is 1.32. The molecule has 0 spiro atoms. The average Bonchev–Trinajstić information content (AvgIpc) is 2.29. The number of nitrogens with zero attached hydrogens (tertiary/aromatic N) is 1. The summed E-state index contributed by atoms with van der Waals surface area (Å²) in [6.07, 6.45) is 2.88. The third-order valence-electron chi connectivity index (χ3n) is 2.27. The first kappa shape index (κ1) is 13.1. The lowest BCUT2D eigenvalue weighted by atomic mass is 10.1. The Bertz CT molecular complexity index is 394. The molecule has 0 saturated carbocycles. The highest BCUT2D eigenvalue weighted by molar-refractivity contribution is 5.86. The summed E-state index contributed by atoms with van der Waals surface area (Å²) in [4.78, 5) is 25.9. The Morgan fingerprint density at radius 2 is 2.29 bits per heavy atom. The number of carbonyl (C=O) groups is 2. The number of carbonyl (C=O) groups excluding carboxylic acids is 1. The van der Waals surface area contributed by atoms with Gasteiger partial charge in [-0.25, -0.2) is 0 Å². The summed E-state index contributed by atoms with van der Waals surface area (Å²) in [5, 5.41) is 11.1. The molecule has 1 amide bonds. The number of nitrogens with two attached hydrogens (primary N) is 1. The third kappa shape index (κ3) is 4.20. The molecule has 1 unspecified atom stereocenters. The first-order valence-corrected chi connectivity index (χ1v) is 5.18. The second kappa shape index (κ2) is 5.95. The standard InChI is InChI=1S/C11H15N3O3/c1-7(8-3-2-4-13-6-8)14-11(17)9(12)5-10(15)16/h2-4,6-7,9H,5,12H2,1H3,(H,14,17)(H,15,16)/t7-,9?/m0/s1. The van der Waals surface area contributed by atoms with Crippen LogP contribution in [-0.2, 0) is 9.59 Å². The number of hydrogen-bond donors (Lipinski definition) is 3. The van der Waals surface area contributed by atoms with Gasteiger partial charge in [0.15, 0.2) is 0 Å². The molecule has 2 atom stereocenters. The van der Waals surface area contributed by atoms with Crippen molar-refractivity contribution in [3.63, 3.8) is 0 Å². The highest BCUT2D eigenvalue weighted by Gasteiger charge is 2.19. The second-order valence-electron chi connectivity index (χ2n) is 3.72. The van der Waals surface area contributed by atoms with Crippen molar-refractivity contribution in [2.24, 2.45) is 5.73 Å². The minimum absolute atomic E-state index is 0.254. The molecule has 0 fully saturated rings. The summed E-state index contributed by atoms with van der Waals surface area (Å²) >= 11 is 0. The van der Waals surface area contributed by atoms with Crippen molar-refractivity contribution < 1.29 is 14.7 Å². The fourth-order valence-electron chi connectivity index (χ4n) is 1.32. The molecule has 1 aromatic heterocycles. The number of rotatable bonds is 5. The molecule has 1 heterocycles. The Morgan fingerprint density at radius 1 is 1.59 bits per heavy atom. The Morgan fingerprint density at radius 3 is 2.82 bits per heavy atom. The van der Waals surface area contributed by atoms with Crippen LogP contribution in [0.3, 0.4) is 0 Å². The van der Waals surface area contributed by atoms with Crippen LogP contribution in [0, 0.1) is 0 Å². The van der Waals surface area contributed by atoms with Crippen molar-refractivity contribution in [2.45, 2.75) is 25.4 Å². The monoisotopic (exact) mass is 237 g/mol. The van der Waals surface area contributed by atoms with Gasteiger partial charge in [0, 0.05) is 12.4 Å². The van der Waals surface area contributed by atoms with Crippen molar-refractivity contribution >= 4 is 11.9 Å². The van der Waals surface area contributed by atoms with Crippen molar-refractivity contribution in [1.82, 2.24) is 10.3 Å². The molecule has 0 aliphatic heterocycles. The van der Waals surface area contributed by atoms with Gasteiger partial charge >= 0.3 is 5.97 Å². The summed E-state index contributed by atoms with van der Waals surface area (Å²) in [6, 6.07) is 2.29. The molecular weight excluding hydrogens is 222 g/mol. The molecule has 1 aromatic rings. The Labute approximate surface area is 98.8 Å². The second-order valence-corrected chi connectivity index (χ2v) is 3.72. The number of aromatic nitrogens is 1. The van der Waals surface area contributed by atoms with Gasteiger partial charge in [-0.1, -0.05) is 6.07 Å². The summed E-state index contributed by atoms with van der Waals surface area (Å²) in [5.41, 5.74) is 6.27. The lowest BCUT2D eigenvalue weighted by Gasteiger charge is -2.16. The molecule has 0 bridgehead atoms. The molecular formula is C11H15N3O3. The van der Waals surface area contributed by atoms with Crippen LogP contribution in [0.1, 0.15) is 24.9 Å². The number of amides is 1. The van der Waals surface area contributed by atoms with E-state index in [1.807, 2.05) is 6.07 Å². The zero-order chi connectivity index (χ0) is 12.8. The normalized spacial score (nSPS) is 13.8. The van der Waals surface area contributed by atoms with Crippen molar-refractivity contribution in [3.8, 4) is 0 Å². The molecule has 0 aliphatic rings. The van der Waals surface area contributed by atoms with Crippen LogP contribution < -0.4 is 11.1 Å². The van der Waals surface area contributed by atoms with Crippen molar-refractivity contribution in [2.75, 3.05) is 0 Å². The van der Waals surface area contributed by atoms with Gasteiger partial charge < -0.3 is 16.2 Å². The average molecular weight is 237 g/mol. The maximum absolute atomic E-state index is 11.5. The molecule has 0 saturated heterocycles. The van der Waals surface area contributed by atoms with Crippen LogP contribution >= 0.6 is 0 Å². The first-order valence-electron chi connectivity index (χ1n) is 5.18. The van der Waals surface area contributed by atoms with Gasteiger partial charge in [0.25, 0.3) is 0 Å². The van der Waals surface area contributed by atoms with E-state index < -0.39 is 17.9 Å². The topological polar surface area (TPSA) is 105 Å². The minimum atomic E-state index is -1.10. The SMILES string of the molecule is C[C@H](NC(=O)C(N)CC(=O)O)c1cccnc1. The van der Waals surface area contributed by atoms with E-state index in [2.05, 4.69) is 10.3 Å². The van der Waals surface area contributed by atoms with Crippen LogP contribution in [0.25, 0.3) is 0 Å². The zero-order valence-corrected chi connectivity index (χ0v) is 9.46. The van der Waals surface area contributed by atoms with Crippen LogP contribution in [0.15, 0.2) is 24.5 Å². The van der Waals surface area contributed by atoms with Crippen LogP contribution in [-0.4, -0.2) is 28.0 Å². The van der Waals surface area contributed by atoms with Crippen molar-refractivity contribution in [3.05, 3.63) is 30.1 Å². The van der Waals surface area contributed by atoms with Gasteiger partial charge in [0.1, 0.15) is 0 Å². The smallest absolute Gasteiger partial charge is 0.305 e. The van der Waals surface area contributed by atoms with E-state index in [1.165, 1.54) is 0 Å². The van der Waals surface area contributed by atoms with Gasteiger partial charge in [0.2, 0.25) is 5.91 Å². The molecule has 6 heteroatoms. The molecule has 1 rings (SSSR count). The summed E-state index contributed by atoms with van der Waals surface area (Å²) in [7, 11) is 0. The van der Waals surface area contributed by atoms with E-state index in [-0.39, 0.29) is 12.5 Å². The maximum atomic E-state index is 11.5. The highest BCUT2D eigenvalue weighted by atomic mass is 16.4. The number of carboxylic acids is 1. The van der Waals surface area contributed by atoms with Gasteiger partial charge in [-0.05, 0) is 18.6 Å². The van der Waals surface area contributed by atoms with Gasteiger partial charge in [-0.3, -0.25) is 14.6 Å². The van der Waals surface area contributed by atoms with Crippen molar-refractivity contribution in [1.29, 1.82) is 0 Å². The number of nitrogens with one attached hydrogen (secondary N) is 1. The number of pyridine rings is 1. The lowest BCUT2D eigenvalue weighted by Crippen LogP contribution is -2.42. The lowest BCUT2D eigenvalue weighted by molar-refractivity contribution is -0.139. The van der Waals surface area contributed by atoms with Crippen LogP contribution in [0.2, 0.25) is 0 Å². The summed E-state index contributed by atoms with van der Waals surface area (Å²) in [5.74, 6) is -1.58. The summed E-state index contributed by atoms with van der Waals surface area (Å²) in [6.45, 7) is 1.78. The minimum Gasteiger partial charge on any atom is -0.481 e. The van der Waals surface area contributed by atoms with Crippen LogP contribution in [0.4, 0.5) is 0 Å². The van der Waals surface area contributed by atoms with E-state index >= 15 is 0 Å². The Kier molecular flexibility index (Phi) is 4.59. The van der Waals surface area contributed by atoms with E-state index in [0.29, 0.717) is 0 Å². The third-order valence-corrected chi connectivity index (χ3v) is 2.27. The predicted molar refractivity (Wildman–Crippen MR) is 61.0 cm³/mol. The van der Waals surface area contributed by atoms with E-state index in [0.717, 1.165) is 5.56 Å². The summed E-state index contributed by atoms with van der Waals surface area (Å²) < 4.78 is 0. The number of carboxylic acid groups (broad SMARTS) is 1. The molecule has 4 N–H and O–H groups in total. The molecule has 0 aliphatic carbocycles. The zero-order valence-electron chi connectivity index (χ0n) is 9.46. The molecule has 92 valence electrons. The van der Waals surface area contributed by atoms with Gasteiger partial charge in [-0.15, -0.1) is 0 Å². The number of hydrogen-bond acceptors (Lipinski definition) is 4. The largest absolute Gasteiger partial charge is 0.481 e. The molecule has 17 heavy (non-hydrogen) atoms. The van der Waals surface area contributed by atoms with Crippen LogP contribution in [0.5, 0.6) is 0 Å². The first-order chi connectivity index (χ1) is 8.00. The molecule has 0 aromatic carbocycles. The van der Waals surface area contributed by atoms with E-state index in [1.54, 1.807) is 25.4 Å². The Balaban J connectivity index is 2.54. The molecule has 6 nitrogen and oxygen atoms in total. The van der Waals surface area contributed by atoms with Gasteiger partial charge in [0.05, 0.1) is 18.5 Å². The highest BCUT2D eigenvalue weighted by Crippen LogP contribution is 2.09. The Hall–Kier alpha value is -1.95. The predicted octanol–water partition coefficient (Wildman–Crippen LogP) is 0.0608. The molecule has 0 radical (unpaired) electrons. The number of aliphatic carboxylic acids is 1.